The van der Waals surface area contributed by atoms with Crippen LogP contribution >= 0.6 is 34.4 Å². The van der Waals surface area contributed by atoms with Gasteiger partial charge >= 0.3 is 0 Å². The summed E-state index contributed by atoms with van der Waals surface area (Å²) >= 11 is 2.54. The second-order valence-corrected chi connectivity index (χ2v) is 26.3. The molecule has 3 heterocycles. The Bertz CT molecular complexity index is 4910. The highest BCUT2D eigenvalue weighted by Gasteiger charge is 2.29. The number of azo groups is 2. The lowest BCUT2D eigenvalue weighted by molar-refractivity contribution is -0.120. The van der Waals surface area contributed by atoms with Gasteiger partial charge in [-0.3, -0.25) is 37.9 Å². The Morgan fingerprint density at radius 3 is 1.73 bits per heavy atom. The minimum absolute atomic E-state index is 0.0323. The van der Waals surface area contributed by atoms with Gasteiger partial charge in [-0.25, -0.2) is 4.85 Å². The summed E-state index contributed by atoms with van der Waals surface area (Å²) in [6.07, 6.45) is 2.68. The smallest absolute Gasteiger partial charge is 0.297 e. The number of anilines is 9. The molecule has 502 valence electrons. The first-order chi connectivity index (χ1) is 46.7. The van der Waals surface area contributed by atoms with Crippen LogP contribution in [0.4, 0.5) is 78.8 Å². The molecule has 98 heavy (non-hydrogen) atoms. The van der Waals surface area contributed by atoms with Gasteiger partial charge in [0.25, 0.3) is 32.1 Å². The normalized spacial score (nSPS) is 11.8. The molecule has 0 atom stereocenters. The van der Waals surface area contributed by atoms with Crippen molar-refractivity contribution in [1.29, 1.82) is 5.26 Å². The number of aromatic nitrogens is 3. The van der Waals surface area contributed by atoms with Crippen LogP contribution < -0.4 is 42.1 Å². The first-order valence-electron chi connectivity index (χ1n) is 29.2. The van der Waals surface area contributed by atoms with Gasteiger partial charge in [-0.15, -0.1) is 38.0 Å². The maximum atomic E-state index is 13.6. The molecule has 0 radical (unpaired) electrons. The molecule has 34 heteroatoms. The Labute approximate surface area is 574 Å². The van der Waals surface area contributed by atoms with Gasteiger partial charge in [-0.2, -0.15) is 42.2 Å². The molecular weight excluding hydrogens is 1360 g/mol. The van der Waals surface area contributed by atoms with Crippen LogP contribution in [-0.4, -0.2) is 103 Å². The highest BCUT2D eigenvalue weighted by Crippen LogP contribution is 2.44. The van der Waals surface area contributed by atoms with Gasteiger partial charge in [-0.05, 0) is 150 Å². The van der Waals surface area contributed by atoms with Gasteiger partial charge in [0.2, 0.25) is 29.9 Å². The summed E-state index contributed by atoms with van der Waals surface area (Å²) in [5, 5.41) is 42.1. The quantitative estimate of drug-likeness (QED) is 0.00303. The van der Waals surface area contributed by atoms with E-state index in [2.05, 4.69) is 56.8 Å². The molecule has 0 aliphatic rings. The largest absolute Gasteiger partial charge is 0.372 e. The number of nitrogens with two attached hydrogens (primary N) is 1. The van der Waals surface area contributed by atoms with Gasteiger partial charge < -0.3 is 42.1 Å². The van der Waals surface area contributed by atoms with Gasteiger partial charge in [0, 0.05) is 70.8 Å². The Hall–Kier alpha value is -11.2. The number of Topliss-reactive ketones (excluding diaryl/α,β-unsaturated/α-hetero) is 2. The minimum Gasteiger partial charge on any atom is -0.372 e. The first-order valence-corrected chi connectivity index (χ1v) is 34.7. The van der Waals surface area contributed by atoms with Crippen LogP contribution in [0.3, 0.4) is 0 Å². The zero-order chi connectivity index (χ0) is 71.0. The summed E-state index contributed by atoms with van der Waals surface area (Å²) in [5.41, 5.74) is 7.31. The van der Waals surface area contributed by atoms with Crippen molar-refractivity contribution >= 4 is 181 Å². The fraction of sp³-hybridized carbons (Fsp3) is 0.172. The topological polar surface area (TPSA) is 420 Å². The zero-order valence-corrected chi connectivity index (χ0v) is 56.8. The van der Waals surface area contributed by atoms with E-state index in [-0.39, 0.29) is 77.3 Å². The number of thiophene rings is 2. The fourth-order valence-corrected chi connectivity index (χ4v) is 13.6. The number of rotatable bonds is 30. The molecule has 29 nitrogen and oxygen atoms in total. The fourth-order valence-electron chi connectivity index (χ4n) is 9.29. The van der Waals surface area contributed by atoms with Crippen molar-refractivity contribution in [2.24, 2.45) is 26.2 Å². The summed E-state index contributed by atoms with van der Waals surface area (Å²) in [5.74, 6) is -4.17. The third-order valence-corrected chi connectivity index (χ3v) is 18.8. The second-order valence-electron chi connectivity index (χ2n) is 20.5. The van der Waals surface area contributed by atoms with Crippen molar-refractivity contribution in [2.45, 2.75) is 62.2 Å². The van der Waals surface area contributed by atoms with Crippen molar-refractivity contribution in [3.8, 4) is 6.07 Å². The summed E-state index contributed by atoms with van der Waals surface area (Å²) in [6.45, 7) is 20.3. The average molecular weight is 1420 g/mol. The molecule has 0 saturated heterocycles. The van der Waals surface area contributed by atoms with E-state index in [0.717, 1.165) is 41.8 Å². The third kappa shape index (κ3) is 18.6. The highest BCUT2D eigenvalue weighted by atomic mass is 32.2. The number of ketones is 2. The van der Waals surface area contributed by atoms with Crippen LogP contribution in [0.15, 0.2) is 162 Å². The van der Waals surface area contributed by atoms with Crippen LogP contribution in [0.25, 0.3) is 17.0 Å². The molecule has 4 amide bonds. The summed E-state index contributed by atoms with van der Waals surface area (Å²) in [4.78, 5) is 96.4. The number of nitrogens with zero attached hydrogens (tertiary/aromatic N) is 11. The van der Waals surface area contributed by atoms with Crippen LogP contribution in [-0.2, 0) is 50.0 Å². The van der Waals surface area contributed by atoms with Crippen molar-refractivity contribution in [3.63, 3.8) is 0 Å². The van der Waals surface area contributed by atoms with Gasteiger partial charge in [0.1, 0.15) is 32.9 Å². The van der Waals surface area contributed by atoms with Crippen LogP contribution in [0.5, 0.6) is 0 Å². The van der Waals surface area contributed by atoms with Crippen LogP contribution in [0.1, 0.15) is 72.8 Å². The maximum Gasteiger partial charge on any atom is 0.297 e. The summed E-state index contributed by atoms with van der Waals surface area (Å²) < 4.78 is 71.0. The van der Waals surface area contributed by atoms with Crippen molar-refractivity contribution in [2.75, 3.05) is 62.6 Å². The van der Waals surface area contributed by atoms with E-state index < -0.39 is 70.4 Å². The lowest BCUT2D eigenvalue weighted by atomic mass is 10.1. The van der Waals surface area contributed by atoms with Gasteiger partial charge in [-0.1, -0.05) is 36.0 Å². The Balaban J connectivity index is 1.21. The summed E-state index contributed by atoms with van der Waals surface area (Å²) in [7, 11) is -9.87. The molecule has 0 bridgehead atoms. The number of hydrogen-bond donors (Lipinski definition) is 8. The molecule has 0 aliphatic carbocycles. The van der Waals surface area contributed by atoms with E-state index >= 15 is 0 Å². The molecule has 3 aromatic heterocycles. The minimum atomic E-state index is -5.28. The number of primary amides is 1. The van der Waals surface area contributed by atoms with Gasteiger partial charge in [0.15, 0.2) is 21.7 Å². The molecule has 9 N–H and O–H groups in total. The third-order valence-electron chi connectivity index (χ3n) is 14.0. The number of hydrogen-bond acceptors (Lipinski definition) is 25. The van der Waals surface area contributed by atoms with E-state index in [0.29, 0.717) is 77.1 Å². The molecule has 8 rings (SSSR count). The molecule has 0 spiro atoms. The predicted octanol–water partition coefficient (Wildman–Crippen LogP) is 13.1. The molecule has 0 fully saturated rings. The Morgan fingerprint density at radius 2 is 1.21 bits per heavy atom. The molecule has 0 unspecified atom stereocenters. The summed E-state index contributed by atoms with van der Waals surface area (Å²) in [6, 6.07) is 30.8. The Morgan fingerprint density at radius 1 is 0.673 bits per heavy atom. The number of nitrogens with one attached hydrogen (secondary N) is 5. The maximum absolute atomic E-state index is 13.6. The second kappa shape index (κ2) is 32.5. The van der Waals surface area contributed by atoms with Crippen molar-refractivity contribution in [1.82, 2.24) is 15.0 Å². The average Bonchev–Trinajstić information content (AvgIpc) is 1.60. The number of nitriles is 1. The molecular formula is C64H59N17O12S5. The number of carbonyl (C=O) groups excluding carboxylic acids is 6. The number of amides is 4. The van der Waals surface area contributed by atoms with Crippen LogP contribution in [0.2, 0.25) is 0 Å². The van der Waals surface area contributed by atoms with Crippen molar-refractivity contribution < 1.29 is 54.7 Å². The highest BCUT2D eigenvalue weighted by molar-refractivity contribution is 7.98. The standard InChI is InChI=1S/C64H59N17O12S5/c1-8-80(9-2)43-21-23-50(76-78-60-49(33-65)56(98(91,92)93)55(96-60)32-48(37(6)84)59(87)69-41-18-13-16-39(26-41)57(66)85)52(28-43)71-62-73-63(75-64(74-62)94-34-38-15-12-20-46(25-38)97(88,89)90)72-53-29-44(81(10-3)11-4)22-24-51(53)77-79-61-54(67-7)31-45(95-61)30-47(36(5)83)58(86)70-42-19-14-17-40(27-42)68-35-82/h12-32,35H,8-11,34H2,1-6H3,(H2,66,85)(H,68,82)(H,69,87)(H,70,86)(H,88,89,90)(H,91,92,93)(H2,71,72,73,74,75)/b47-30+,48-32-,78-76?,79-77?. The van der Waals surface area contributed by atoms with E-state index in [1.54, 1.807) is 60.7 Å². The predicted molar refractivity (Wildman–Crippen MR) is 376 cm³/mol. The van der Waals surface area contributed by atoms with Gasteiger partial charge in [0.05, 0.1) is 38.9 Å². The van der Waals surface area contributed by atoms with Crippen LogP contribution in [0, 0.1) is 17.9 Å². The van der Waals surface area contributed by atoms with E-state index in [9.17, 15) is 60.0 Å². The lowest BCUT2D eigenvalue weighted by Crippen LogP contribution is -2.21. The molecule has 0 aliphatic heterocycles. The van der Waals surface area contributed by atoms with E-state index in [1.807, 2.05) is 38.7 Å². The molecule has 0 saturated carbocycles. The van der Waals surface area contributed by atoms with E-state index in [4.69, 9.17) is 27.3 Å². The first kappa shape index (κ1) is 72.6. The van der Waals surface area contributed by atoms with E-state index in [1.165, 1.54) is 67.6 Å². The number of carbonyl (C=O) groups is 6. The van der Waals surface area contributed by atoms with Crippen molar-refractivity contribution in [3.05, 3.63) is 164 Å². The lowest BCUT2D eigenvalue weighted by Gasteiger charge is -2.22. The SMILES string of the molecule is [C-]#[N+]c1cc(/C=C(\C(C)=O)C(=O)Nc2cccc(NC=O)c2)sc1N=Nc1ccc(N(CC)CC)cc1Nc1nc(Nc2cc(N(CC)CC)ccc2N=Nc2sc(/C=C(/C(C)=O)C(=O)Nc3cccc(C(N)=O)c3)c(S(=O)(=O)O)c2C#N)nc(SCc2cccc(S(=O)(=O)O)c2)n1. The zero-order valence-electron chi connectivity index (χ0n) is 52.8. The molecule has 5 aromatic carbocycles. The molecule has 8 aromatic rings. The Kier molecular flexibility index (Phi) is 24.0. The number of benzene rings is 5. The monoisotopic (exact) mass is 1420 g/mol. The number of thioether (sulfide) groups is 1.